The Morgan fingerprint density at radius 2 is 2.20 bits per heavy atom. The van der Waals surface area contributed by atoms with E-state index in [-0.39, 0.29) is 0 Å². The Balaban J connectivity index is 2.58. The fourth-order valence-electron chi connectivity index (χ4n) is 1.53. The zero-order valence-corrected chi connectivity index (χ0v) is 8.40. The Labute approximate surface area is 87.5 Å². The third kappa shape index (κ3) is 1.91. The van der Waals surface area contributed by atoms with E-state index in [2.05, 4.69) is 10.5 Å². The van der Waals surface area contributed by atoms with E-state index in [0.717, 1.165) is 16.5 Å². The number of hydrogen-bond donors (Lipinski definition) is 2. The maximum atomic E-state index is 8.68. The van der Waals surface area contributed by atoms with Gasteiger partial charge in [0, 0.05) is 10.9 Å². The minimum absolute atomic E-state index is 0.320. The molecule has 1 aromatic heterocycles. The lowest BCUT2D eigenvalue weighted by Gasteiger charge is -2.08. The van der Waals surface area contributed by atoms with Crippen molar-refractivity contribution in [3.05, 3.63) is 35.9 Å². The monoisotopic (exact) mass is 204 g/mol. The molecule has 0 aliphatic carbocycles. The van der Waals surface area contributed by atoms with Crippen LogP contribution in [0.2, 0.25) is 0 Å². The molecule has 0 unspecified atom stereocenters. The molecule has 0 fully saturated rings. The highest BCUT2D eigenvalue weighted by Crippen LogP contribution is 2.21. The Kier molecular flexibility index (Phi) is 2.80. The van der Waals surface area contributed by atoms with Crippen molar-refractivity contribution in [3.63, 3.8) is 0 Å². The normalized spacial score (nSPS) is 10.5. The van der Waals surface area contributed by atoms with Crippen LogP contribution in [0.1, 0.15) is 5.56 Å². The molecule has 4 nitrogen and oxygen atoms in total. The summed E-state index contributed by atoms with van der Waals surface area (Å²) in [5.74, 6) is 0.537. The average Bonchev–Trinajstić information content (AvgIpc) is 2.28. The van der Waals surface area contributed by atoms with Crippen molar-refractivity contribution in [1.29, 1.82) is 0 Å². The van der Waals surface area contributed by atoms with Gasteiger partial charge >= 0.3 is 0 Å². The Bertz CT molecular complexity index is 471. The van der Waals surface area contributed by atoms with Gasteiger partial charge in [-0.3, -0.25) is 0 Å². The number of benzene rings is 1. The first-order chi connectivity index (χ1) is 7.35. The molecular formula is C11H12N2O2. The van der Waals surface area contributed by atoms with Gasteiger partial charge in [0.25, 0.3) is 0 Å². The molecule has 0 spiro atoms. The van der Waals surface area contributed by atoms with Gasteiger partial charge in [-0.25, -0.2) is 10.5 Å². The average molecular weight is 204 g/mol. The molecule has 0 saturated heterocycles. The predicted octanol–water partition coefficient (Wildman–Crippen LogP) is 1.72. The van der Waals surface area contributed by atoms with Crippen molar-refractivity contribution in [2.24, 2.45) is 0 Å². The number of para-hydroxylation sites is 1. The van der Waals surface area contributed by atoms with Crippen LogP contribution in [-0.2, 0) is 6.54 Å². The Hall–Kier alpha value is -1.65. The number of nitrogens with zero attached hydrogens (tertiary/aromatic N) is 1. The van der Waals surface area contributed by atoms with E-state index in [1.165, 1.54) is 0 Å². The Morgan fingerprint density at radius 1 is 1.40 bits per heavy atom. The summed E-state index contributed by atoms with van der Waals surface area (Å²) in [6.45, 7) is 0.320. The molecule has 0 amide bonds. The van der Waals surface area contributed by atoms with Gasteiger partial charge in [-0.05, 0) is 12.1 Å². The number of hydrogen-bond acceptors (Lipinski definition) is 4. The van der Waals surface area contributed by atoms with E-state index in [4.69, 9.17) is 9.94 Å². The fourth-order valence-corrected chi connectivity index (χ4v) is 1.53. The summed E-state index contributed by atoms with van der Waals surface area (Å²) in [4.78, 5) is 4.34. The molecule has 1 aromatic carbocycles. The quantitative estimate of drug-likeness (QED) is 0.747. The lowest BCUT2D eigenvalue weighted by Crippen LogP contribution is -2.08. The number of pyridine rings is 1. The lowest BCUT2D eigenvalue weighted by molar-refractivity contribution is 0.160. The lowest BCUT2D eigenvalue weighted by atomic mass is 10.1. The van der Waals surface area contributed by atoms with Crippen LogP contribution in [0.4, 0.5) is 0 Å². The first kappa shape index (κ1) is 9.89. The van der Waals surface area contributed by atoms with Crippen LogP contribution in [-0.4, -0.2) is 17.3 Å². The number of methoxy groups -OCH3 is 1. The molecule has 0 aliphatic rings. The first-order valence-electron chi connectivity index (χ1n) is 4.65. The zero-order valence-electron chi connectivity index (χ0n) is 8.40. The summed E-state index contributed by atoms with van der Waals surface area (Å²) < 4.78 is 5.14. The maximum Gasteiger partial charge on any atom is 0.218 e. The Morgan fingerprint density at radius 3 is 2.93 bits per heavy atom. The number of fused-ring (bicyclic) bond motifs is 1. The highest BCUT2D eigenvalue weighted by atomic mass is 16.5. The second kappa shape index (κ2) is 4.25. The minimum atomic E-state index is 0.320. The smallest absolute Gasteiger partial charge is 0.218 e. The van der Waals surface area contributed by atoms with Crippen LogP contribution in [0, 0.1) is 0 Å². The van der Waals surface area contributed by atoms with Gasteiger partial charge in [-0.1, -0.05) is 18.2 Å². The van der Waals surface area contributed by atoms with Crippen LogP contribution >= 0.6 is 0 Å². The summed E-state index contributed by atoms with van der Waals surface area (Å²) in [5, 5.41) is 9.71. The van der Waals surface area contributed by atoms with Gasteiger partial charge in [-0.15, -0.1) is 0 Å². The number of nitrogens with one attached hydrogen (secondary N) is 1. The van der Waals surface area contributed by atoms with E-state index >= 15 is 0 Å². The first-order valence-corrected chi connectivity index (χ1v) is 4.65. The van der Waals surface area contributed by atoms with Crippen LogP contribution in [0.3, 0.4) is 0 Å². The van der Waals surface area contributed by atoms with Crippen molar-refractivity contribution in [2.75, 3.05) is 7.11 Å². The molecule has 0 bridgehead atoms. The summed E-state index contributed by atoms with van der Waals surface area (Å²) in [7, 11) is 1.57. The van der Waals surface area contributed by atoms with Crippen molar-refractivity contribution in [3.8, 4) is 5.88 Å². The van der Waals surface area contributed by atoms with Crippen molar-refractivity contribution < 1.29 is 9.94 Å². The highest BCUT2D eigenvalue weighted by Gasteiger charge is 2.05. The van der Waals surface area contributed by atoms with Gasteiger partial charge in [0.2, 0.25) is 5.88 Å². The van der Waals surface area contributed by atoms with E-state index in [1.54, 1.807) is 7.11 Å². The molecule has 4 heteroatoms. The molecule has 2 N–H and O–H groups in total. The second-order valence-corrected chi connectivity index (χ2v) is 3.18. The van der Waals surface area contributed by atoms with Crippen molar-refractivity contribution in [1.82, 2.24) is 10.5 Å². The van der Waals surface area contributed by atoms with Gasteiger partial charge < -0.3 is 9.94 Å². The molecule has 0 saturated carbocycles. The molecule has 1 heterocycles. The minimum Gasteiger partial charge on any atom is -0.481 e. The van der Waals surface area contributed by atoms with Gasteiger partial charge in [0.15, 0.2) is 0 Å². The number of aromatic nitrogens is 1. The molecule has 2 aromatic rings. The van der Waals surface area contributed by atoms with Crippen molar-refractivity contribution in [2.45, 2.75) is 6.54 Å². The second-order valence-electron chi connectivity index (χ2n) is 3.18. The maximum absolute atomic E-state index is 8.68. The molecule has 78 valence electrons. The summed E-state index contributed by atoms with van der Waals surface area (Å²) in [6.07, 6.45) is 0. The summed E-state index contributed by atoms with van der Waals surface area (Å²) in [5.41, 5.74) is 3.82. The zero-order chi connectivity index (χ0) is 10.7. The summed E-state index contributed by atoms with van der Waals surface area (Å²) in [6, 6.07) is 9.73. The topological polar surface area (TPSA) is 54.4 Å². The molecular weight excluding hydrogens is 192 g/mol. The molecule has 0 radical (unpaired) electrons. The third-order valence-corrected chi connectivity index (χ3v) is 2.23. The fraction of sp³-hybridized carbons (Fsp3) is 0.182. The van der Waals surface area contributed by atoms with E-state index in [0.29, 0.717) is 12.4 Å². The molecule has 15 heavy (non-hydrogen) atoms. The number of ether oxygens (including phenoxy) is 1. The summed E-state index contributed by atoms with van der Waals surface area (Å²) >= 11 is 0. The van der Waals surface area contributed by atoms with E-state index in [9.17, 15) is 0 Å². The van der Waals surface area contributed by atoms with Gasteiger partial charge in [0.1, 0.15) is 0 Å². The molecule has 0 aliphatic heterocycles. The van der Waals surface area contributed by atoms with Gasteiger partial charge in [0.05, 0.1) is 19.2 Å². The number of rotatable bonds is 3. The number of hydroxylamine groups is 1. The largest absolute Gasteiger partial charge is 0.481 e. The van der Waals surface area contributed by atoms with Crippen LogP contribution in [0.25, 0.3) is 10.9 Å². The highest BCUT2D eigenvalue weighted by molar-refractivity contribution is 5.79. The van der Waals surface area contributed by atoms with Crippen LogP contribution in [0.15, 0.2) is 30.3 Å². The van der Waals surface area contributed by atoms with E-state index in [1.807, 2.05) is 30.3 Å². The van der Waals surface area contributed by atoms with E-state index < -0.39 is 0 Å². The molecule has 0 atom stereocenters. The third-order valence-electron chi connectivity index (χ3n) is 2.23. The standard InChI is InChI=1S/C11H12N2O2/c1-15-11-9(7-12-14)6-8-4-2-3-5-10(8)13-11/h2-6,12,14H,7H2,1H3. The van der Waals surface area contributed by atoms with Gasteiger partial charge in [-0.2, -0.15) is 0 Å². The predicted molar refractivity (Wildman–Crippen MR) is 56.9 cm³/mol. The molecule has 2 rings (SSSR count). The van der Waals surface area contributed by atoms with Crippen molar-refractivity contribution >= 4 is 10.9 Å². The van der Waals surface area contributed by atoms with Crippen LogP contribution in [0.5, 0.6) is 5.88 Å². The van der Waals surface area contributed by atoms with Crippen LogP contribution < -0.4 is 10.2 Å². The SMILES string of the molecule is COc1nc2ccccc2cc1CNO.